The molecule has 1 heteroatoms. The van der Waals surface area contributed by atoms with Crippen LogP contribution in [0, 0.1) is 13.8 Å². The second kappa shape index (κ2) is 3.67. The molecule has 0 atom stereocenters. The number of benzene rings is 1. The monoisotopic (exact) mass is 192 g/mol. The summed E-state index contributed by atoms with van der Waals surface area (Å²) in [6.07, 6.45) is 0. The third-order valence-electron chi connectivity index (χ3n) is 2.23. The molecule has 0 aliphatic heterocycles. The topological polar surface area (TPSA) is 0 Å². The summed E-state index contributed by atoms with van der Waals surface area (Å²) in [5.41, 5.74) is 4.39. The molecule has 0 aromatic heterocycles. The normalized spacial score (nSPS) is 11.8. The van der Waals surface area contributed by atoms with Crippen LogP contribution in [0.1, 0.15) is 16.7 Å². The van der Waals surface area contributed by atoms with E-state index in [4.69, 9.17) is 0 Å². The summed E-state index contributed by atoms with van der Waals surface area (Å²) < 4.78 is 0. The molecule has 13 heavy (non-hydrogen) atoms. The molecule has 1 rings (SSSR count). The fourth-order valence-electron chi connectivity index (χ4n) is 1.56. The Labute approximate surface area is 83.0 Å². The summed E-state index contributed by atoms with van der Waals surface area (Å²) in [5, 5.41) is 0. The van der Waals surface area contributed by atoms with Gasteiger partial charge in [-0.3, -0.25) is 0 Å². The van der Waals surface area contributed by atoms with Crippen LogP contribution >= 0.6 is 0 Å². The van der Waals surface area contributed by atoms with Gasteiger partial charge in [0.2, 0.25) is 0 Å². The number of aryl methyl sites for hydroxylation is 2. The standard InChI is InChI=1S/C12H20Si/c1-10-6-7-11(2)12(8-10)9-13(3,4)5/h6-8H,9H2,1-5H3. The van der Waals surface area contributed by atoms with Crippen molar-refractivity contribution in [1.29, 1.82) is 0 Å². The van der Waals surface area contributed by atoms with E-state index in [1.807, 2.05) is 0 Å². The lowest BCUT2D eigenvalue weighted by Crippen LogP contribution is -2.24. The van der Waals surface area contributed by atoms with Gasteiger partial charge in [-0.15, -0.1) is 0 Å². The molecule has 0 unspecified atom stereocenters. The summed E-state index contributed by atoms with van der Waals surface area (Å²) in [7, 11) is -0.952. The zero-order chi connectivity index (χ0) is 10.1. The SMILES string of the molecule is Cc1ccc(C)c(C[Si](C)(C)C)c1. The Kier molecular flexibility index (Phi) is 2.97. The molecule has 0 heterocycles. The van der Waals surface area contributed by atoms with Crippen LogP contribution in [0.3, 0.4) is 0 Å². The minimum absolute atomic E-state index is 0.952. The van der Waals surface area contributed by atoms with E-state index in [2.05, 4.69) is 51.7 Å². The molecule has 0 bridgehead atoms. The Hall–Kier alpha value is -0.563. The van der Waals surface area contributed by atoms with Crippen LogP contribution in [0.4, 0.5) is 0 Å². The first-order valence-corrected chi connectivity index (χ1v) is 8.65. The minimum Gasteiger partial charge on any atom is -0.0693 e. The van der Waals surface area contributed by atoms with Gasteiger partial charge in [-0.05, 0) is 31.0 Å². The van der Waals surface area contributed by atoms with Crippen LogP contribution in [-0.2, 0) is 6.04 Å². The Balaban J connectivity index is 2.94. The van der Waals surface area contributed by atoms with Gasteiger partial charge in [-0.1, -0.05) is 43.4 Å². The van der Waals surface area contributed by atoms with Crippen LogP contribution in [0.2, 0.25) is 19.6 Å². The smallest absolute Gasteiger partial charge is 0.0487 e. The van der Waals surface area contributed by atoms with Gasteiger partial charge in [0, 0.05) is 8.07 Å². The maximum atomic E-state index is 2.43. The second-order valence-corrected chi connectivity index (χ2v) is 10.6. The van der Waals surface area contributed by atoms with E-state index in [9.17, 15) is 0 Å². The molecule has 0 aliphatic carbocycles. The van der Waals surface area contributed by atoms with Crippen molar-refractivity contribution < 1.29 is 0 Å². The molecule has 0 radical (unpaired) electrons. The molecule has 0 N–H and O–H groups in total. The molecular formula is C12H20Si. The van der Waals surface area contributed by atoms with Crippen LogP contribution in [0.25, 0.3) is 0 Å². The highest BCUT2D eigenvalue weighted by Gasteiger charge is 2.14. The summed E-state index contributed by atoms with van der Waals surface area (Å²) in [6, 6.07) is 8.09. The summed E-state index contributed by atoms with van der Waals surface area (Å²) in [6.45, 7) is 11.7. The quantitative estimate of drug-likeness (QED) is 0.626. The van der Waals surface area contributed by atoms with E-state index in [1.54, 1.807) is 5.56 Å². The third-order valence-corrected chi connectivity index (χ3v) is 3.67. The molecule has 72 valence electrons. The molecule has 0 fully saturated rings. The fourth-order valence-corrected chi connectivity index (χ4v) is 3.09. The highest BCUT2D eigenvalue weighted by Crippen LogP contribution is 2.16. The first-order chi connectivity index (χ1) is 5.88. The maximum Gasteiger partial charge on any atom is 0.0487 e. The second-order valence-electron chi connectivity index (χ2n) is 5.17. The largest absolute Gasteiger partial charge is 0.0693 e. The van der Waals surface area contributed by atoms with Crippen molar-refractivity contribution in [3.8, 4) is 0 Å². The Morgan fingerprint density at radius 3 is 2.23 bits per heavy atom. The van der Waals surface area contributed by atoms with E-state index >= 15 is 0 Å². The molecule has 0 saturated heterocycles. The predicted molar refractivity (Wildman–Crippen MR) is 63.0 cm³/mol. The van der Waals surface area contributed by atoms with Gasteiger partial charge in [0.15, 0.2) is 0 Å². The lowest BCUT2D eigenvalue weighted by molar-refractivity contribution is 1.22. The van der Waals surface area contributed by atoms with Gasteiger partial charge in [0.05, 0.1) is 0 Å². The van der Waals surface area contributed by atoms with Crippen LogP contribution in [0.5, 0.6) is 0 Å². The van der Waals surface area contributed by atoms with Crippen LogP contribution in [0.15, 0.2) is 18.2 Å². The van der Waals surface area contributed by atoms with Crippen molar-refractivity contribution in [2.45, 2.75) is 39.5 Å². The van der Waals surface area contributed by atoms with Crippen molar-refractivity contribution in [2.75, 3.05) is 0 Å². The van der Waals surface area contributed by atoms with Gasteiger partial charge in [0.1, 0.15) is 0 Å². The van der Waals surface area contributed by atoms with Gasteiger partial charge in [-0.2, -0.15) is 0 Å². The van der Waals surface area contributed by atoms with Crippen molar-refractivity contribution in [3.63, 3.8) is 0 Å². The summed E-state index contributed by atoms with van der Waals surface area (Å²) >= 11 is 0. The zero-order valence-corrected chi connectivity index (χ0v) is 10.4. The average molecular weight is 192 g/mol. The van der Waals surface area contributed by atoms with E-state index in [-0.39, 0.29) is 0 Å². The number of hydrogen-bond donors (Lipinski definition) is 0. The summed E-state index contributed by atoms with van der Waals surface area (Å²) in [5.74, 6) is 0. The average Bonchev–Trinajstić information content (AvgIpc) is 1.94. The Morgan fingerprint density at radius 2 is 1.69 bits per heavy atom. The highest BCUT2D eigenvalue weighted by molar-refractivity contribution is 6.75. The third kappa shape index (κ3) is 3.35. The molecule has 1 aromatic carbocycles. The van der Waals surface area contributed by atoms with Gasteiger partial charge >= 0.3 is 0 Å². The molecule has 0 spiro atoms. The van der Waals surface area contributed by atoms with Gasteiger partial charge < -0.3 is 0 Å². The minimum atomic E-state index is -0.952. The van der Waals surface area contributed by atoms with E-state index in [0.717, 1.165) is 0 Å². The molecule has 0 saturated carbocycles. The van der Waals surface area contributed by atoms with E-state index in [0.29, 0.717) is 0 Å². The highest BCUT2D eigenvalue weighted by atomic mass is 28.3. The molecule has 0 nitrogen and oxygen atoms in total. The Morgan fingerprint density at radius 1 is 1.08 bits per heavy atom. The van der Waals surface area contributed by atoms with E-state index < -0.39 is 8.07 Å². The zero-order valence-electron chi connectivity index (χ0n) is 9.44. The predicted octanol–water partition coefficient (Wildman–Crippen LogP) is 3.72. The number of hydrogen-bond acceptors (Lipinski definition) is 0. The van der Waals surface area contributed by atoms with Crippen molar-refractivity contribution >= 4 is 8.07 Å². The van der Waals surface area contributed by atoms with Gasteiger partial charge in [-0.25, -0.2) is 0 Å². The molecule has 0 aliphatic rings. The van der Waals surface area contributed by atoms with Crippen molar-refractivity contribution in [2.24, 2.45) is 0 Å². The van der Waals surface area contributed by atoms with Crippen LogP contribution < -0.4 is 0 Å². The van der Waals surface area contributed by atoms with Gasteiger partial charge in [0.25, 0.3) is 0 Å². The molecular weight excluding hydrogens is 172 g/mol. The maximum absolute atomic E-state index is 2.43. The van der Waals surface area contributed by atoms with Crippen molar-refractivity contribution in [3.05, 3.63) is 34.9 Å². The fraction of sp³-hybridized carbons (Fsp3) is 0.500. The lowest BCUT2D eigenvalue weighted by Gasteiger charge is -2.17. The Bertz CT molecular complexity index is 294. The first kappa shape index (κ1) is 10.5. The van der Waals surface area contributed by atoms with E-state index in [1.165, 1.54) is 17.2 Å². The molecule has 0 amide bonds. The first-order valence-electron chi connectivity index (χ1n) is 4.95. The number of rotatable bonds is 2. The lowest BCUT2D eigenvalue weighted by atomic mass is 10.1. The summed E-state index contributed by atoms with van der Waals surface area (Å²) in [4.78, 5) is 0. The molecule has 1 aromatic rings. The van der Waals surface area contributed by atoms with Crippen LogP contribution in [-0.4, -0.2) is 8.07 Å². The van der Waals surface area contributed by atoms with Crippen molar-refractivity contribution in [1.82, 2.24) is 0 Å².